The van der Waals surface area contributed by atoms with Gasteiger partial charge in [0, 0.05) is 44.4 Å². The van der Waals surface area contributed by atoms with Gasteiger partial charge in [-0.25, -0.2) is 8.42 Å². The molecule has 0 radical (unpaired) electrons. The molecule has 2 unspecified atom stereocenters. The normalized spacial score (nSPS) is 15.6. The molecule has 0 aliphatic heterocycles. The predicted molar refractivity (Wildman–Crippen MR) is 178 cm³/mol. The molecule has 244 valence electrons. The van der Waals surface area contributed by atoms with Crippen molar-refractivity contribution >= 4 is 32.6 Å². The van der Waals surface area contributed by atoms with Crippen LogP contribution in [0.3, 0.4) is 0 Å². The number of carbonyl (C=O) groups is 2. The molecule has 45 heavy (non-hydrogen) atoms. The van der Waals surface area contributed by atoms with Crippen molar-refractivity contribution in [2.75, 3.05) is 19.6 Å². The number of rotatable bonds is 18. The Morgan fingerprint density at radius 1 is 0.956 bits per heavy atom. The molecule has 1 aliphatic carbocycles. The highest BCUT2D eigenvalue weighted by Gasteiger charge is 2.43. The first-order valence-corrected chi connectivity index (χ1v) is 17.5. The molecule has 9 nitrogen and oxygen atoms in total. The van der Waals surface area contributed by atoms with Crippen molar-refractivity contribution in [1.82, 2.24) is 20.3 Å². The van der Waals surface area contributed by atoms with Gasteiger partial charge in [0.2, 0.25) is 21.8 Å². The molecule has 0 heterocycles. The molecule has 1 saturated carbocycles. The third-order valence-electron chi connectivity index (χ3n) is 8.06. The fourth-order valence-electron chi connectivity index (χ4n) is 5.48. The lowest BCUT2D eigenvalue weighted by molar-refractivity contribution is -0.122. The number of amides is 2. The Morgan fingerprint density at radius 2 is 1.64 bits per heavy atom. The Morgan fingerprint density at radius 3 is 2.33 bits per heavy atom. The first-order valence-electron chi connectivity index (χ1n) is 16.0. The van der Waals surface area contributed by atoms with E-state index < -0.39 is 15.7 Å². The molecule has 0 bridgehead atoms. The van der Waals surface area contributed by atoms with Crippen molar-refractivity contribution in [3.8, 4) is 0 Å². The lowest BCUT2D eigenvalue weighted by Gasteiger charge is -2.40. The molecule has 0 aromatic heterocycles. The minimum absolute atomic E-state index is 0.00756. The topological polar surface area (TPSA) is 128 Å². The standard InChI is InChI=1S/C35H48N4O5S/c1-26(2)25-39(45(43,44)32-19-16-29-13-7-8-14-30(29)22-32)35(42,23-28-11-5-4-6-12-28)20-21-36-33(40)15-9-10-27(3)38-34(41)24-37-31-17-18-31/h4-8,11-14,16,19,22,26-27,31,37,42H,9-10,15,17-18,20-21,23-25H2,1-3H3,(H,36,40)(H,38,41). The summed E-state index contributed by atoms with van der Waals surface area (Å²) in [7, 11) is -4.12. The minimum atomic E-state index is -4.12. The molecule has 2 atom stereocenters. The predicted octanol–water partition coefficient (Wildman–Crippen LogP) is 4.35. The molecule has 2 amide bonds. The molecular formula is C35H48N4O5S. The average molecular weight is 637 g/mol. The maximum atomic E-state index is 14.2. The van der Waals surface area contributed by atoms with Gasteiger partial charge in [-0.2, -0.15) is 4.31 Å². The van der Waals surface area contributed by atoms with Gasteiger partial charge in [0.05, 0.1) is 11.4 Å². The van der Waals surface area contributed by atoms with Crippen molar-refractivity contribution in [2.24, 2.45) is 5.92 Å². The Balaban J connectivity index is 1.43. The molecule has 0 spiro atoms. The molecule has 1 fully saturated rings. The van der Waals surface area contributed by atoms with Crippen molar-refractivity contribution in [1.29, 1.82) is 0 Å². The fraction of sp³-hybridized carbons (Fsp3) is 0.486. The summed E-state index contributed by atoms with van der Waals surface area (Å²) in [6.45, 7) is 6.28. The molecule has 0 saturated heterocycles. The summed E-state index contributed by atoms with van der Waals surface area (Å²) in [5.41, 5.74) is -1.01. The van der Waals surface area contributed by atoms with Crippen molar-refractivity contribution in [2.45, 2.75) is 88.4 Å². The highest BCUT2D eigenvalue weighted by Crippen LogP contribution is 2.31. The lowest BCUT2D eigenvalue weighted by atomic mass is 9.98. The second-order valence-electron chi connectivity index (χ2n) is 12.7. The van der Waals surface area contributed by atoms with Crippen LogP contribution >= 0.6 is 0 Å². The van der Waals surface area contributed by atoms with E-state index in [4.69, 9.17) is 0 Å². The van der Waals surface area contributed by atoms with Crippen LogP contribution in [0.2, 0.25) is 0 Å². The Labute approximate surface area is 267 Å². The fourth-order valence-corrected chi connectivity index (χ4v) is 7.35. The Hall–Kier alpha value is -3.31. The van der Waals surface area contributed by atoms with Crippen LogP contribution in [0.1, 0.15) is 64.9 Å². The number of nitrogens with one attached hydrogen (secondary N) is 3. The van der Waals surface area contributed by atoms with Gasteiger partial charge < -0.3 is 21.1 Å². The molecule has 4 rings (SSSR count). The van der Waals surface area contributed by atoms with E-state index in [0.717, 1.165) is 29.2 Å². The Kier molecular flexibility index (Phi) is 12.1. The second-order valence-corrected chi connectivity index (χ2v) is 14.6. The third-order valence-corrected chi connectivity index (χ3v) is 9.98. The molecule has 1 aliphatic rings. The van der Waals surface area contributed by atoms with Gasteiger partial charge in [0.1, 0.15) is 5.72 Å². The van der Waals surface area contributed by atoms with E-state index in [9.17, 15) is 23.1 Å². The van der Waals surface area contributed by atoms with E-state index in [-0.39, 0.29) is 61.0 Å². The number of hydrogen-bond donors (Lipinski definition) is 4. The molecule has 3 aromatic rings. The SMILES string of the molecule is CC(C)CN(C(O)(CCNC(=O)CCCC(C)NC(=O)CNC1CC1)Cc1ccccc1)S(=O)(=O)c1ccc2ccccc2c1. The van der Waals surface area contributed by atoms with Gasteiger partial charge in [0.15, 0.2) is 0 Å². The van der Waals surface area contributed by atoms with E-state index in [1.54, 1.807) is 18.2 Å². The van der Waals surface area contributed by atoms with E-state index in [1.807, 2.05) is 75.4 Å². The maximum absolute atomic E-state index is 14.2. The van der Waals surface area contributed by atoms with E-state index >= 15 is 0 Å². The smallest absolute Gasteiger partial charge is 0.245 e. The van der Waals surface area contributed by atoms with Crippen LogP contribution in [-0.4, -0.2) is 67.1 Å². The number of sulfonamides is 1. The van der Waals surface area contributed by atoms with Crippen molar-refractivity contribution < 1.29 is 23.1 Å². The van der Waals surface area contributed by atoms with E-state index in [1.165, 1.54) is 4.31 Å². The number of fused-ring (bicyclic) bond motifs is 1. The monoisotopic (exact) mass is 636 g/mol. The summed E-state index contributed by atoms with van der Waals surface area (Å²) >= 11 is 0. The number of hydrogen-bond acceptors (Lipinski definition) is 6. The molecule has 10 heteroatoms. The number of benzene rings is 3. The number of carbonyl (C=O) groups excluding carboxylic acids is 2. The van der Waals surface area contributed by atoms with Crippen LogP contribution in [-0.2, 0) is 26.0 Å². The van der Waals surface area contributed by atoms with E-state index in [2.05, 4.69) is 16.0 Å². The summed E-state index contributed by atoms with van der Waals surface area (Å²) < 4.78 is 29.7. The van der Waals surface area contributed by atoms with Crippen molar-refractivity contribution in [3.63, 3.8) is 0 Å². The van der Waals surface area contributed by atoms with E-state index in [0.29, 0.717) is 25.4 Å². The van der Waals surface area contributed by atoms with Gasteiger partial charge in [-0.15, -0.1) is 0 Å². The molecular weight excluding hydrogens is 588 g/mol. The summed E-state index contributed by atoms with van der Waals surface area (Å²) in [5, 5.41) is 23.0. The number of nitrogens with zero attached hydrogens (tertiary/aromatic N) is 1. The first kappa shape index (κ1) is 34.6. The summed E-state index contributed by atoms with van der Waals surface area (Å²) in [6, 6.07) is 22.3. The van der Waals surface area contributed by atoms with Gasteiger partial charge in [-0.1, -0.05) is 74.5 Å². The first-order chi connectivity index (χ1) is 21.5. The zero-order chi connectivity index (χ0) is 32.5. The second kappa shape index (κ2) is 15.8. The van der Waals surface area contributed by atoms with Crippen LogP contribution in [0.25, 0.3) is 10.8 Å². The molecule has 4 N–H and O–H groups in total. The number of aliphatic hydroxyl groups is 1. The summed E-state index contributed by atoms with van der Waals surface area (Å²) in [4.78, 5) is 24.9. The van der Waals surface area contributed by atoms with Crippen LogP contribution in [0.4, 0.5) is 0 Å². The quantitative estimate of drug-likeness (QED) is 0.154. The highest BCUT2D eigenvalue weighted by atomic mass is 32.2. The maximum Gasteiger partial charge on any atom is 0.245 e. The zero-order valence-electron chi connectivity index (χ0n) is 26.7. The minimum Gasteiger partial charge on any atom is -0.374 e. The highest BCUT2D eigenvalue weighted by molar-refractivity contribution is 7.89. The van der Waals surface area contributed by atoms with Crippen LogP contribution < -0.4 is 16.0 Å². The lowest BCUT2D eigenvalue weighted by Crippen LogP contribution is -2.55. The third kappa shape index (κ3) is 10.4. The Bertz CT molecular complexity index is 1530. The van der Waals surface area contributed by atoms with Gasteiger partial charge in [-0.05, 0) is 67.0 Å². The molecule has 3 aromatic carbocycles. The summed E-state index contributed by atoms with van der Waals surface area (Å²) in [6.07, 6.45) is 3.84. The summed E-state index contributed by atoms with van der Waals surface area (Å²) in [5.74, 6) is -0.288. The van der Waals surface area contributed by atoms with Gasteiger partial charge in [0.25, 0.3) is 0 Å². The van der Waals surface area contributed by atoms with Crippen LogP contribution in [0, 0.1) is 5.92 Å². The average Bonchev–Trinajstić information content (AvgIpc) is 3.84. The van der Waals surface area contributed by atoms with Gasteiger partial charge in [-0.3, -0.25) is 9.59 Å². The largest absolute Gasteiger partial charge is 0.374 e. The zero-order valence-corrected chi connectivity index (χ0v) is 27.5. The van der Waals surface area contributed by atoms with Crippen LogP contribution in [0.15, 0.2) is 77.7 Å². The van der Waals surface area contributed by atoms with Crippen molar-refractivity contribution in [3.05, 3.63) is 78.4 Å². The van der Waals surface area contributed by atoms with Crippen LogP contribution in [0.5, 0.6) is 0 Å². The van der Waals surface area contributed by atoms with Gasteiger partial charge >= 0.3 is 0 Å².